The smallest absolute Gasteiger partial charge is 0.113 e. The van der Waals surface area contributed by atoms with Crippen molar-refractivity contribution in [1.29, 1.82) is 0 Å². The Balaban J connectivity index is 1.63. The van der Waals surface area contributed by atoms with Gasteiger partial charge in [0.15, 0.2) is 0 Å². The Morgan fingerprint density at radius 2 is 1.46 bits per heavy atom. The molecule has 0 radical (unpaired) electrons. The molecule has 1 aliphatic carbocycles. The van der Waals surface area contributed by atoms with Gasteiger partial charge >= 0.3 is 0 Å². The average molecular weight is 347 g/mol. The lowest BCUT2D eigenvalue weighted by molar-refractivity contribution is 0.201. The van der Waals surface area contributed by atoms with Gasteiger partial charge in [0.2, 0.25) is 0 Å². The molecule has 0 aliphatic heterocycles. The van der Waals surface area contributed by atoms with Crippen molar-refractivity contribution in [1.82, 2.24) is 24.5 Å². The van der Waals surface area contributed by atoms with Crippen molar-refractivity contribution in [3.8, 4) is 0 Å². The highest BCUT2D eigenvalue weighted by atomic mass is 15.4. The van der Waals surface area contributed by atoms with Crippen molar-refractivity contribution in [2.24, 2.45) is 0 Å². The Bertz CT molecular complexity index is 889. The number of benzene rings is 1. The van der Waals surface area contributed by atoms with Gasteiger partial charge in [0.1, 0.15) is 13.3 Å². The number of aromatic nitrogens is 4. The van der Waals surface area contributed by atoms with E-state index in [4.69, 9.17) is 0 Å². The van der Waals surface area contributed by atoms with Crippen molar-refractivity contribution in [3.63, 3.8) is 0 Å². The Labute approximate surface area is 154 Å². The lowest BCUT2D eigenvalue weighted by Crippen LogP contribution is -2.29. The van der Waals surface area contributed by atoms with Crippen LogP contribution in [0.25, 0.3) is 6.08 Å². The summed E-state index contributed by atoms with van der Waals surface area (Å²) in [4.78, 5) is 2.36. The van der Waals surface area contributed by atoms with Gasteiger partial charge in [-0.2, -0.15) is 10.2 Å². The largest absolute Gasteiger partial charge is 0.336 e. The van der Waals surface area contributed by atoms with Crippen molar-refractivity contribution in [2.75, 3.05) is 0 Å². The van der Waals surface area contributed by atoms with E-state index < -0.39 is 0 Å². The highest BCUT2D eigenvalue weighted by Crippen LogP contribution is 2.28. The topological polar surface area (TPSA) is 38.9 Å². The Hall–Kier alpha value is -2.82. The molecule has 1 aromatic carbocycles. The van der Waals surface area contributed by atoms with Crippen LogP contribution in [0.1, 0.15) is 33.6 Å². The molecule has 134 valence electrons. The molecule has 0 unspecified atom stereocenters. The first kappa shape index (κ1) is 16.6. The Morgan fingerprint density at radius 1 is 0.885 bits per heavy atom. The summed E-state index contributed by atoms with van der Waals surface area (Å²) in [6.07, 6.45) is 7.48. The molecular weight excluding hydrogens is 322 g/mol. The zero-order valence-corrected chi connectivity index (χ0v) is 15.9. The minimum Gasteiger partial charge on any atom is -0.336 e. The average Bonchev–Trinajstić information content (AvgIpc) is 3.25. The highest BCUT2D eigenvalue weighted by Gasteiger charge is 2.19. The Kier molecular flexibility index (Phi) is 4.15. The van der Waals surface area contributed by atoms with Gasteiger partial charge in [-0.1, -0.05) is 24.3 Å². The van der Waals surface area contributed by atoms with Gasteiger partial charge in [0.25, 0.3) is 0 Å². The second kappa shape index (κ2) is 6.48. The molecule has 5 heteroatoms. The van der Waals surface area contributed by atoms with Gasteiger partial charge in [-0.3, -0.25) is 9.36 Å². The second-order valence-electron chi connectivity index (χ2n) is 7.21. The van der Waals surface area contributed by atoms with E-state index in [1.54, 1.807) is 0 Å². The molecular formula is C21H25N5. The van der Waals surface area contributed by atoms with Crippen molar-refractivity contribution < 1.29 is 0 Å². The first-order chi connectivity index (χ1) is 12.5. The van der Waals surface area contributed by atoms with E-state index >= 15 is 0 Å². The predicted octanol–water partition coefficient (Wildman–Crippen LogP) is 3.83. The molecule has 3 aromatic rings. The van der Waals surface area contributed by atoms with Gasteiger partial charge in [-0.05, 0) is 56.0 Å². The molecule has 0 spiro atoms. The minimum absolute atomic E-state index is 0.715. The van der Waals surface area contributed by atoms with Crippen LogP contribution >= 0.6 is 0 Å². The molecule has 5 nitrogen and oxygen atoms in total. The first-order valence-electron chi connectivity index (χ1n) is 9.04. The van der Waals surface area contributed by atoms with Gasteiger partial charge < -0.3 is 4.90 Å². The third-order valence-corrected chi connectivity index (χ3v) is 5.17. The fourth-order valence-electron chi connectivity index (χ4n) is 3.42. The SMILES string of the molecule is Cc1cn(CN(Cn2cc(C)c(C)n2)C2=Cc3ccccc3C2)nc1C. The summed E-state index contributed by atoms with van der Waals surface area (Å²) in [5.74, 6) is 0. The quantitative estimate of drug-likeness (QED) is 0.704. The van der Waals surface area contributed by atoms with Crippen LogP contribution in [0.3, 0.4) is 0 Å². The van der Waals surface area contributed by atoms with Gasteiger partial charge in [-0.15, -0.1) is 0 Å². The number of hydrogen-bond donors (Lipinski definition) is 0. The monoisotopic (exact) mass is 347 g/mol. The van der Waals surface area contributed by atoms with Crippen molar-refractivity contribution in [2.45, 2.75) is 47.5 Å². The summed E-state index contributed by atoms with van der Waals surface area (Å²) in [6.45, 7) is 9.75. The Morgan fingerprint density at radius 3 is 1.96 bits per heavy atom. The van der Waals surface area contributed by atoms with E-state index in [1.807, 2.05) is 9.36 Å². The van der Waals surface area contributed by atoms with Crippen molar-refractivity contribution in [3.05, 3.63) is 76.0 Å². The van der Waals surface area contributed by atoms with Crippen LogP contribution in [-0.4, -0.2) is 24.5 Å². The number of hydrogen-bond acceptors (Lipinski definition) is 3. The summed E-state index contributed by atoms with van der Waals surface area (Å²) in [5.41, 5.74) is 8.61. The number of aryl methyl sites for hydroxylation is 4. The van der Waals surface area contributed by atoms with E-state index in [9.17, 15) is 0 Å². The zero-order chi connectivity index (χ0) is 18.3. The molecule has 0 amide bonds. The number of nitrogens with zero attached hydrogens (tertiary/aromatic N) is 5. The molecule has 0 bridgehead atoms. The van der Waals surface area contributed by atoms with E-state index in [2.05, 4.69) is 85.5 Å². The molecule has 0 N–H and O–H groups in total. The molecule has 0 atom stereocenters. The second-order valence-corrected chi connectivity index (χ2v) is 7.21. The van der Waals surface area contributed by atoms with Crippen LogP contribution in [-0.2, 0) is 19.8 Å². The molecule has 4 rings (SSSR count). The lowest BCUT2D eigenvalue weighted by Gasteiger charge is -2.26. The maximum absolute atomic E-state index is 4.65. The third kappa shape index (κ3) is 3.17. The van der Waals surface area contributed by atoms with Crippen LogP contribution in [0.5, 0.6) is 0 Å². The zero-order valence-electron chi connectivity index (χ0n) is 15.9. The van der Waals surface area contributed by atoms with E-state index in [0.717, 1.165) is 17.8 Å². The normalized spacial score (nSPS) is 13.0. The third-order valence-electron chi connectivity index (χ3n) is 5.17. The number of rotatable bonds is 5. The van der Waals surface area contributed by atoms with Crippen LogP contribution in [0.15, 0.2) is 42.4 Å². The molecule has 0 saturated heterocycles. The molecule has 2 aromatic heterocycles. The lowest BCUT2D eigenvalue weighted by atomic mass is 10.1. The summed E-state index contributed by atoms with van der Waals surface area (Å²) in [6, 6.07) is 8.61. The molecule has 0 saturated carbocycles. The predicted molar refractivity (Wildman–Crippen MR) is 103 cm³/mol. The summed E-state index contributed by atoms with van der Waals surface area (Å²) < 4.78 is 4.05. The summed E-state index contributed by atoms with van der Waals surface area (Å²) >= 11 is 0. The number of fused-ring (bicyclic) bond motifs is 1. The fraction of sp³-hybridized carbons (Fsp3) is 0.333. The summed E-state index contributed by atoms with van der Waals surface area (Å²) in [7, 11) is 0. The van der Waals surface area contributed by atoms with Gasteiger partial charge in [-0.25, -0.2) is 0 Å². The number of allylic oxidation sites excluding steroid dienone is 1. The highest BCUT2D eigenvalue weighted by molar-refractivity contribution is 5.63. The standard InChI is InChI=1S/C21H25N5/c1-15-11-25(22-17(15)3)13-24(14-26-12-16(2)18(4)23-26)21-9-19-7-5-6-8-20(19)10-21/h5-9,11-12H,10,13-14H2,1-4H3. The van der Waals surface area contributed by atoms with E-state index in [-0.39, 0.29) is 0 Å². The van der Waals surface area contributed by atoms with Crippen LogP contribution < -0.4 is 0 Å². The van der Waals surface area contributed by atoms with Crippen LogP contribution in [0, 0.1) is 27.7 Å². The van der Waals surface area contributed by atoms with Crippen molar-refractivity contribution >= 4 is 6.08 Å². The van der Waals surface area contributed by atoms with Crippen LogP contribution in [0.2, 0.25) is 0 Å². The maximum atomic E-state index is 4.65. The minimum atomic E-state index is 0.715. The van der Waals surface area contributed by atoms with Crippen LogP contribution in [0.4, 0.5) is 0 Å². The molecule has 26 heavy (non-hydrogen) atoms. The fourth-order valence-corrected chi connectivity index (χ4v) is 3.42. The van der Waals surface area contributed by atoms with Gasteiger partial charge in [0, 0.05) is 24.5 Å². The summed E-state index contributed by atoms with van der Waals surface area (Å²) in [5, 5.41) is 9.31. The first-order valence-corrected chi connectivity index (χ1v) is 9.04. The molecule has 2 heterocycles. The molecule has 1 aliphatic rings. The van der Waals surface area contributed by atoms with E-state index in [1.165, 1.54) is 28.0 Å². The molecule has 0 fully saturated rings. The van der Waals surface area contributed by atoms with E-state index in [0.29, 0.717) is 13.3 Å². The maximum Gasteiger partial charge on any atom is 0.113 e. The van der Waals surface area contributed by atoms with Gasteiger partial charge in [0.05, 0.1) is 11.4 Å².